The van der Waals surface area contributed by atoms with Gasteiger partial charge in [0.2, 0.25) is 0 Å². The van der Waals surface area contributed by atoms with E-state index in [4.69, 9.17) is 4.74 Å². The summed E-state index contributed by atoms with van der Waals surface area (Å²) in [4.78, 5) is 7.70. The molecule has 2 aromatic rings. The first-order valence-electron chi connectivity index (χ1n) is 6.03. The van der Waals surface area contributed by atoms with Crippen molar-refractivity contribution >= 4 is 5.69 Å². The first-order valence-corrected chi connectivity index (χ1v) is 6.03. The molecule has 1 heterocycles. The van der Waals surface area contributed by atoms with Gasteiger partial charge < -0.3 is 15.0 Å². The molecule has 0 radical (unpaired) electrons. The van der Waals surface area contributed by atoms with Crippen LogP contribution in [0.2, 0.25) is 0 Å². The van der Waals surface area contributed by atoms with Crippen molar-refractivity contribution in [1.29, 1.82) is 0 Å². The molecule has 0 spiro atoms. The lowest BCUT2D eigenvalue weighted by atomic mass is 10.2. The number of nitrogens with one attached hydrogen (secondary N) is 2. The van der Waals surface area contributed by atoms with E-state index in [1.165, 1.54) is 0 Å². The van der Waals surface area contributed by atoms with E-state index in [0.717, 1.165) is 28.5 Å². The largest absolute Gasteiger partial charge is 0.380 e. The summed E-state index contributed by atoms with van der Waals surface area (Å²) in [6.07, 6.45) is 0. The van der Waals surface area contributed by atoms with Gasteiger partial charge in [-0.3, -0.25) is 0 Å². The number of anilines is 1. The molecule has 4 nitrogen and oxygen atoms in total. The van der Waals surface area contributed by atoms with Crippen LogP contribution >= 0.6 is 0 Å². The number of rotatable bonds is 5. The van der Waals surface area contributed by atoms with Crippen LogP contribution in [0.15, 0.2) is 24.3 Å². The van der Waals surface area contributed by atoms with Gasteiger partial charge in [-0.05, 0) is 31.5 Å². The minimum absolute atomic E-state index is 0.633. The van der Waals surface area contributed by atoms with Gasteiger partial charge in [-0.15, -0.1) is 0 Å². The van der Waals surface area contributed by atoms with E-state index in [-0.39, 0.29) is 0 Å². The molecular weight excluding hydrogens is 226 g/mol. The van der Waals surface area contributed by atoms with Gasteiger partial charge in [-0.1, -0.05) is 12.1 Å². The number of aromatic nitrogens is 2. The minimum atomic E-state index is 0.633. The van der Waals surface area contributed by atoms with Crippen molar-refractivity contribution in [2.24, 2.45) is 0 Å². The number of hydrogen-bond donors (Lipinski definition) is 2. The molecular formula is C14H19N3O. The Morgan fingerprint density at radius 3 is 2.83 bits per heavy atom. The molecule has 0 aliphatic rings. The molecule has 0 fully saturated rings. The molecule has 0 saturated carbocycles. The van der Waals surface area contributed by atoms with Crippen molar-refractivity contribution in [2.45, 2.75) is 27.0 Å². The van der Waals surface area contributed by atoms with Crippen molar-refractivity contribution in [3.63, 3.8) is 0 Å². The topological polar surface area (TPSA) is 49.9 Å². The van der Waals surface area contributed by atoms with E-state index in [2.05, 4.69) is 27.4 Å². The number of ether oxygens (including phenoxy) is 1. The average molecular weight is 245 g/mol. The fourth-order valence-electron chi connectivity index (χ4n) is 1.83. The number of imidazole rings is 1. The quantitative estimate of drug-likeness (QED) is 0.851. The van der Waals surface area contributed by atoms with Crippen LogP contribution in [-0.4, -0.2) is 17.1 Å². The highest BCUT2D eigenvalue weighted by atomic mass is 16.5. The third kappa shape index (κ3) is 3.11. The van der Waals surface area contributed by atoms with Gasteiger partial charge in [0.05, 0.1) is 18.8 Å². The van der Waals surface area contributed by atoms with E-state index in [0.29, 0.717) is 13.2 Å². The van der Waals surface area contributed by atoms with Crippen molar-refractivity contribution in [3.8, 4) is 0 Å². The number of H-pyrrole nitrogens is 1. The minimum Gasteiger partial charge on any atom is -0.380 e. The summed E-state index contributed by atoms with van der Waals surface area (Å²) in [5.41, 5.74) is 4.42. The maximum atomic E-state index is 5.12. The molecule has 0 amide bonds. The second-order valence-corrected chi connectivity index (χ2v) is 4.38. The van der Waals surface area contributed by atoms with Crippen molar-refractivity contribution in [3.05, 3.63) is 47.0 Å². The molecule has 0 atom stereocenters. The predicted octanol–water partition coefficient (Wildman–Crippen LogP) is 2.79. The van der Waals surface area contributed by atoms with Gasteiger partial charge in [0.1, 0.15) is 5.82 Å². The Kier molecular flexibility index (Phi) is 3.99. The highest BCUT2D eigenvalue weighted by Crippen LogP contribution is 2.12. The van der Waals surface area contributed by atoms with Gasteiger partial charge >= 0.3 is 0 Å². The molecule has 0 aliphatic heterocycles. The standard InChI is InChI=1S/C14H19N3O/c1-10-11(2)17-14(16-10)8-15-13-6-4-5-12(7-13)9-18-3/h4-7,15H,8-9H2,1-3H3,(H,16,17). The Balaban J connectivity index is 1.99. The third-order valence-corrected chi connectivity index (χ3v) is 2.88. The number of nitrogens with zero attached hydrogens (tertiary/aromatic N) is 1. The normalized spacial score (nSPS) is 10.6. The van der Waals surface area contributed by atoms with Gasteiger partial charge in [0.15, 0.2) is 0 Å². The molecule has 2 N–H and O–H groups in total. The molecule has 0 bridgehead atoms. The fraction of sp³-hybridized carbons (Fsp3) is 0.357. The van der Waals surface area contributed by atoms with Crippen LogP contribution in [0.25, 0.3) is 0 Å². The zero-order valence-electron chi connectivity index (χ0n) is 11.1. The molecule has 2 rings (SSSR count). The number of benzene rings is 1. The first kappa shape index (κ1) is 12.6. The second-order valence-electron chi connectivity index (χ2n) is 4.38. The van der Waals surface area contributed by atoms with Gasteiger partial charge in [-0.2, -0.15) is 0 Å². The summed E-state index contributed by atoms with van der Waals surface area (Å²) in [5.74, 6) is 0.960. The van der Waals surface area contributed by atoms with Gasteiger partial charge in [0, 0.05) is 18.5 Å². The molecule has 18 heavy (non-hydrogen) atoms. The maximum absolute atomic E-state index is 5.12. The van der Waals surface area contributed by atoms with Crippen LogP contribution in [-0.2, 0) is 17.9 Å². The fourth-order valence-corrected chi connectivity index (χ4v) is 1.83. The molecule has 0 aliphatic carbocycles. The zero-order valence-corrected chi connectivity index (χ0v) is 11.1. The molecule has 96 valence electrons. The molecule has 4 heteroatoms. The summed E-state index contributed by atoms with van der Waals surface area (Å²) >= 11 is 0. The van der Waals surface area contributed by atoms with Crippen molar-refractivity contribution in [1.82, 2.24) is 9.97 Å². The Morgan fingerprint density at radius 1 is 1.33 bits per heavy atom. The SMILES string of the molecule is COCc1cccc(NCc2nc(C)c(C)[nH]2)c1. The Hall–Kier alpha value is -1.81. The lowest BCUT2D eigenvalue weighted by Crippen LogP contribution is -2.02. The smallest absolute Gasteiger partial charge is 0.125 e. The Morgan fingerprint density at radius 2 is 2.17 bits per heavy atom. The number of hydrogen-bond acceptors (Lipinski definition) is 3. The van der Waals surface area contributed by atoms with Crippen LogP contribution in [0.5, 0.6) is 0 Å². The molecule has 1 aromatic heterocycles. The van der Waals surface area contributed by atoms with Crippen LogP contribution in [0.3, 0.4) is 0 Å². The van der Waals surface area contributed by atoms with E-state index in [1.807, 2.05) is 26.0 Å². The third-order valence-electron chi connectivity index (χ3n) is 2.88. The van der Waals surface area contributed by atoms with E-state index < -0.39 is 0 Å². The van der Waals surface area contributed by atoms with Gasteiger partial charge in [-0.25, -0.2) is 4.98 Å². The number of methoxy groups -OCH3 is 1. The van der Waals surface area contributed by atoms with Crippen LogP contribution in [0, 0.1) is 13.8 Å². The van der Waals surface area contributed by atoms with Crippen LogP contribution in [0.4, 0.5) is 5.69 Å². The lowest BCUT2D eigenvalue weighted by Gasteiger charge is -2.06. The molecule has 0 unspecified atom stereocenters. The van der Waals surface area contributed by atoms with E-state index in [9.17, 15) is 0 Å². The summed E-state index contributed by atoms with van der Waals surface area (Å²) in [6.45, 7) is 5.37. The monoisotopic (exact) mass is 245 g/mol. The Bertz CT molecular complexity index is 500. The Labute approximate surface area is 107 Å². The predicted molar refractivity (Wildman–Crippen MR) is 72.5 cm³/mol. The number of aryl methyl sites for hydroxylation is 2. The van der Waals surface area contributed by atoms with Crippen LogP contribution < -0.4 is 5.32 Å². The van der Waals surface area contributed by atoms with Crippen molar-refractivity contribution in [2.75, 3.05) is 12.4 Å². The molecule has 1 aromatic carbocycles. The molecule has 0 saturated heterocycles. The van der Waals surface area contributed by atoms with E-state index >= 15 is 0 Å². The summed E-state index contributed by atoms with van der Waals surface area (Å²) in [5, 5.41) is 3.35. The summed E-state index contributed by atoms with van der Waals surface area (Å²) in [7, 11) is 1.70. The average Bonchev–Trinajstić information content (AvgIpc) is 2.67. The van der Waals surface area contributed by atoms with Crippen LogP contribution in [0.1, 0.15) is 22.8 Å². The maximum Gasteiger partial charge on any atom is 0.125 e. The first-order chi connectivity index (χ1) is 8.69. The summed E-state index contributed by atoms with van der Waals surface area (Å²) < 4.78 is 5.12. The highest BCUT2D eigenvalue weighted by molar-refractivity contribution is 5.45. The van der Waals surface area contributed by atoms with Gasteiger partial charge in [0.25, 0.3) is 0 Å². The highest BCUT2D eigenvalue weighted by Gasteiger charge is 2.02. The van der Waals surface area contributed by atoms with E-state index in [1.54, 1.807) is 7.11 Å². The zero-order chi connectivity index (χ0) is 13.0. The second kappa shape index (κ2) is 5.69. The number of aromatic amines is 1. The lowest BCUT2D eigenvalue weighted by molar-refractivity contribution is 0.185. The van der Waals surface area contributed by atoms with Crippen molar-refractivity contribution < 1.29 is 4.74 Å². The summed E-state index contributed by atoms with van der Waals surface area (Å²) in [6, 6.07) is 8.21.